The summed E-state index contributed by atoms with van der Waals surface area (Å²) in [5.41, 5.74) is -0.630. The lowest BCUT2D eigenvalue weighted by molar-refractivity contribution is -0.141. The summed E-state index contributed by atoms with van der Waals surface area (Å²) >= 11 is 12.9. The van der Waals surface area contributed by atoms with E-state index in [1.165, 1.54) is 17.0 Å². The van der Waals surface area contributed by atoms with Crippen LogP contribution in [0.15, 0.2) is 42.5 Å². The molecule has 0 N–H and O–H groups in total. The normalized spacial score (nSPS) is 11.3. The molecule has 1 aromatic heterocycles. The number of nitrogens with zero attached hydrogens (tertiary/aromatic N) is 2. The number of ether oxygens (including phenoxy) is 3. The minimum Gasteiger partial charge on any atom is -0.465 e. The number of benzene rings is 2. The van der Waals surface area contributed by atoms with Crippen molar-refractivity contribution in [3.63, 3.8) is 0 Å². The van der Waals surface area contributed by atoms with Gasteiger partial charge in [-0.1, -0.05) is 53.5 Å². The van der Waals surface area contributed by atoms with Crippen molar-refractivity contribution in [1.29, 1.82) is 0 Å². The van der Waals surface area contributed by atoms with E-state index in [2.05, 4.69) is 0 Å². The SMILES string of the molecule is CCOC(=O)CN(CC(=O)c1ccccc1)c1c(C(=O)OCC)n(C(=O)OC(C)(C)C)c2cc(Cl)cc(Cl)c12. The van der Waals surface area contributed by atoms with Gasteiger partial charge >= 0.3 is 18.0 Å². The molecule has 0 bridgehead atoms. The summed E-state index contributed by atoms with van der Waals surface area (Å²) in [5, 5.41) is 0.482. The largest absolute Gasteiger partial charge is 0.465 e. The van der Waals surface area contributed by atoms with Crippen molar-refractivity contribution in [3.8, 4) is 0 Å². The van der Waals surface area contributed by atoms with Gasteiger partial charge in [0.1, 0.15) is 12.1 Å². The molecule has 0 atom stereocenters. The maximum Gasteiger partial charge on any atom is 0.419 e. The zero-order valence-electron chi connectivity index (χ0n) is 22.4. The lowest BCUT2D eigenvalue weighted by Crippen LogP contribution is -2.37. The molecule has 0 fully saturated rings. The first-order chi connectivity index (χ1) is 18.4. The van der Waals surface area contributed by atoms with Crippen LogP contribution < -0.4 is 4.90 Å². The molecule has 3 rings (SSSR count). The lowest BCUT2D eigenvalue weighted by atomic mass is 10.1. The van der Waals surface area contributed by atoms with Crippen molar-refractivity contribution >= 4 is 63.6 Å². The third-order valence-electron chi connectivity index (χ3n) is 5.38. The zero-order valence-corrected chi connectivity index (χ0v) is 23.9. The summed E-state index contributed by atoms with van der Waals surface area (Å²) in [7, 11) is 0. The molecule has 0 saturated carbocycles. The molecular formula is C28H30Cl2N2O7. The monoisotopic (exact) mass is 576 g/mol. The summed E-state index contributed by atoms with van der Waals surface area (Å²) < 4.78 is 17.1. The fraction of sp³-hybridized carbons (Fsp3) is 0.357. The Balaban J connectivity index is 2.37. The molecule has 0 aliphatic heterocycles. The number of aromatic nitrogens is 1. The number of fused-ring (bicyclic) bond motifs is 1. The highest BCUT2D eigenvalue weighted by Gasteiger charge is 2.35. The highest BCUT2D eigenvalue weighted by molar-refractivity contribution is 6.40. The lowest BCUT2D eigenvalue weighted by Gasteiger charge is -2.25. The highest BCUT2D eigenvalue weighted by atomic mass is 35.5. The standard InChI is InChI=1S/C28H30Cl2N2O7/c1-6-37-22(34)16-31(15-21(33)17-11-9-8-10-12-17)24-23-19(30)13-18(29)14-20(23)32(25(24)26(35)38-7-2)27(36)39-28(3,4)5/h8-14H,6-7,15-16H2,1-5H3. The Hall–Kier alpha value is -3.56. The Kier molecular flexibility index (Phi) is 9.63. The van der Waals surface area contributed by atoms with E-state index >= 15 is 0 Å². The average molecular weight is 577 g/mol. The molecule has 0 saturated heterocycles. The topological polar surface area (TPSA) is 104 Å². The van der Waals surface area contributed by atoms with Gasteiger partial charge in [0.25, 0.3) is 0 Å². The molecule has 9 nitrogen and oxygen atoms in total. The van der Waals surface area contributed by atoms with Crippen LogP contribution in [-0.4, -0.2) is 60.3 Å². The number of ketones is 1. The summed E-state index contributed by atoms with van der Waals surface area (Å²) in [5.74, 6) is -1.89. The number of carbonyl (C=O) groups is 4. The van der Waals surface area contributed by atoms with Crippen LogP contribution in [0.5, 0.6) is 0 Å². The second-order valence-corrected chi connectivity index (χ2v) is 10.3. The summed E-state index contributed by atoms with van der Waals surface area (Å²) in [6.07, 6.45) is -0.898. The van der Waals surface area contributed by atoms with Crippen LogP contribution in [0.3, 0.4) is 0 Å². The van der Waals surface area contributed by atoms with Crippen molar-refractivity contribution in [2.24, 2.45) is 0 Å². The van der Waals surface area contributed by atoms with Gasteiger partial charge in [0.05, 0.1) is 36.0 Å². The number of Topliss-reactive ketones (excluding diaryl/α,β-unsaturated/α-hetero) is 1. The molecule has 0 amide bonds. The van der Waals surface area contributed by atoms with Gasteiger partial charge in [-0.25, -0.2) is 14.2 Å². The van der Waals surface area contributed by atoms with Crippen LogP contribution in [-0.2, 0) is 19.0 Å². The van der Waals surface area contributed by atoms with Crippen LogP contribution in [0.2, 0.25) is 10.0 Å². The first-order valence-electron chi connectivity index (χ1n) is 12.3. The Morgan fingerprint density at radius 1 is 0.923 bits per heavy atom. The second-order valence-electron chi connectivity index (χ2n) is 9.47. The van der Waals surface area contributed by atoms with Gasteiger partial charge in [0.15, 0.2) is 11.5 Å². The maximum atomic E-state index is 13.5. The van der Waals surface area contributed by atoms with E-state index in [9.17, 15) is 19.2 Å². The molecule has 1 heterocycles. The third-order valence-corrected chi connectivity index (χ3v) is 5.89. The van der Waals surface area contributed by atoms with Gasteiger partial charge in [-0.2, -0.15) is 0 Å². The first-order valence-corrected chi connectivity index (χ1v) is 13.1. The smallest absolute Gasteiger partial charge is 0.419 e. The Labute approximate surface area is 236 Å². The Bertz CT molecular complexity index is 1390. The fourth-order valence-electron chi connectivity index (χ4n) is 3.97. The number of anilines is 1. The summed E-state index contributed by atoms with van der Waals surface area (Å²) in [4.78, 5) is 54.3. The number of esters is 2. The quantitative estimate of drug-likeness (QED) is 0.169. The van der Waals surface area contributed by atoms with Crippen LogP contribution in [0, 0.1) is 0 Å². The van der Waals surface area contributed by atoms with Crippen molar-refractivity contribution in [3.05, 3.63) is 63.8 Å². The number of hydrogen-bond acceptors (Lipinski definition) is 8. The van der Waals surface area contributed by atoms with Crippen molar-refractivity contribution in [1.82, 2.24) is 4.57 Å². The molecule has 0 aliphatic carbocycles. The van der Waals surface area contributed by atoms with E-state index in [1.807, 2.05) is 0 Å². The van der Waals surface area contributed by atoms with Crippen LogP contribution >= 0.6 is 23.2 Å². The number of halogens is 2. The minimum absolute atomic E-state index is 0.0105. The number of carbonyl (C=O) groups excluding carboxylic acids is 4. The van der Waals surface area contributed by atoms with Gasteiger partial charge in [0.2, 0.25) is 0 Å². The van der Waals surface area contributed by atoms with Crippen molar-refractivity contribution < 1.29 is 33.4 Å². The summed E-state index contributed by atoms with van der Waals surface area (Å²) in [6, 6.07) is 11.3. The van der Waals surface area contributed by atoms with E-state index in [-0.39, 0.29) is 57.9 Å². The van der Waals surface area contributed by atoms with Gasteiger partial charge in [0, 0.05) is 16.0 Å². The maximum absolute atomic E-state index is 13.5. The summed E-state index contributed by atoms with van der Waals surface area (Å²) in [6.45, 7) is 7.59. The first kappa shape index (κ1) is 30.0. The molecule has 3 aromatic rings. The zero-order chi connectivity index (χ0) is 28.9. The average Bonchev–Trinajstić information content (AvgIpc) is 3.19. The molecule has 11 heteroatoms. The van der Waals surface area contributed by atoms with E-state index in [0.29, 0.717) is 5.56 Å². The molecule has 0 radical (unpaired) electrons. The van der Waals surface area contributed by atoms with Crippen molar-refractivity contribution in [2.45, 2.75) is 40.2 Å². The van der Waals surface area contributed by atoms with E-state index < -0.39 is 30.2 Å². The van der Waals surface area contributed by atoms with Gasteiger partial charge in [-0.15, -0.1) is 0 Å². The van der Waals surface area contributed by atoms with Gasteiger partial charge in [-0.3, -0.25) is 9.59 Å². The fourth-order valence-corrected chi connectivity index (χ4v) is 4.55. The van der Waals surface area contributed by atoms with Gasteiger partial charge < -0.3 is 19.1 Å². The predicted octanol–water partition coefficient (Wildman–Crippen LogP) is 6.16. The van der Waals surface area contributed by atoms with Crippen molar-refractivity contribution in [2.75, 3.05) is 31.2 Å². The van der Waals surface area contributed by atoms with E-state index in [1.54, 1.807) is 65.0 Å². The molecule has 0 unspecified atom stereocenters. The van der Waals surface area contributed by atoms with E-state index in [0.717, 1.165) is 4.57 Å². The van der Waals surface area contributed by atoms with E-state index in [4.69, 9.17) is 37.4 Å². The third kappa shape index (κ3) is 7.10. The molecule has 0 spiro atoms. The molecule has 39 heavy (non-hydrogen) atoms. The Morgan fingerprint density at radius 3 is 2.15 bits per heavy atom. The minimum atomic E-state index is -0.921. The number of hydrogen-bond donors (Lipinski definition) is 0. The molecular weight excluding hydrogens is 547 g/mol. The van der Waals surface area contributed by atoms with Crippen LogP contribution in [0.1, 0.15) is 55.5 Å². The van der Waals surface area contributed by atoms with Crippen LogP contribution in [0.4, 0.5) is 10.5 Å². The van der Waals surface area contributed by atoms with Gasteiger partial charge in [-0.05, 0) is 46.8 Å². The predicted molar refractivity (Wildman–Crippen MR) is 149 cm³/mol. The van der Waals surface area contributed by atoms with Crippen LogP contribution in [0.25, 0.3) is 10.9 Å². The molecule has 0 aliphatic rings. The number of rotatable bonds is 9. The highest BCUT2D eigenvalue weighted by Crippen LogP contribution is 2.41. The molecule has 208 valence electrons. The Morgan fingerprint density at radius 2 is 1.56 bits per heavy atom. The second kappa shape index (κ2) is 12.5. The molecule has 2 aromatic carbocycles.